The van der Waals surface area contributed by atoms with Crippen LogP contribution in [0.2, 0.25) is 0 Å². The van der Waals surface area contributed by atoms with Gasteiger partial charge < -0.3 is 34.1 Å². The lowest BCUT2D eigenvalue weighted by atomic mass is 9.72. The molecule has 1 spiro atoms. The van der Waals surface area contributed by atoms with Gasteiger partial charge in [0.2, 0.25) is 11.8 Å². The highest BCUT2D eigenvalue weighted by Gasteiger charge is 2.43. The third-order valence-electron chi connectivity index (χ3n) is 15.0. The normalized spacial score (nSPS) is 21.5. The van der Waals surface area contributed by atoms with Crippen molar-refractivity contribution in [1.29, 1.82) is 0 Å². The van der Waals surface area contributed by atoms with Gasteiger partial charge in [-0.1, -0.05) is 40.3 Å². The van der Waals surface area contributed by atoms with E-state index in [9.17, 15) is 24.0 Å². The number of likely N-dealkylation sites (tertiary alicyclic amines) is 2. The predicted octanol–water partition coefficient (Wildman–Crippen LogP) is 7.17. The number of urea groups is 1. The summed E-state index contributed by atoms with van der Waals surface area (Å²) in [7, 11) is 3.35. The van der Waals surface area contributed by atoms with Crippen molar-refractivity contribution in [2.75, 3.05) is 53.5 Å². The van der Waals surface area contributed by atoms with Crippen LogP contribution >= 0.6 is 11.3 Å². The van der Waals surface area contributed by atoms with Crippen LogP contribution in [-0.2, 0) is 48.0 Å². The van der Waals surface area contributed by atoms with Crippen LogP contribution in [0.25, 0.3) is 33.4 Å². The van der Waals surface area contributed by atoms with Crippen molar-refractivity contribution in [2.24, 2.45) is 16.7 Å². The molecule has 0 unspecified atom stereocenters. The summed E-state index contributed by atoms with van der Waals surface area (Å²) in [5.41, 5.74) is 9.23. The zero-order valence-electron chi connectivity index (χ0n) is 42.2. The number of hydrazine groups is 1. The van der Waals surface area contributed by atoms with Crippen molar-refractivity contribution in [3.05, 3.63) is 70.8 Å². The van der Waals surface area contributed by atoms with Gasteiger partial charge in [0.05, 0.1) is 34.8 Å². The second-order valence-corrected chi connectivity index (χ2v) is 21.9. The number of thiazole rings is 1. The molecule has 0 aliphatic carbocycles. The summed E-state index contributed by atoms with van der Waals surface area (Å²) < 4.78 is 14.3. The minimum Gasteiger partial charge on any atom is -0.464 e. The number of likely N-dealkylation sites (N-methyl/N-ethyl adjacent to an activating group) is 1. The molecule has 4 aliphatic heterocycles. The number of rotatable bonds is 9. The molecule has 4 aromatic rings. The number of esters is 1. The molecule has 0 saturated carbocycles. The first-order valence-corrected chi connectivity index (χ1v) is 25.9. The van der Waals surface area contributed by atoms with Gasteiger partial charge in [-0.25, -0.2) is 15.2 Å². The highest BCUT2D eigenvalue weighted by molar-refractivity contribution is 7.10. The highest BCUT2D eigenvalue weighted by atomic mass is 32.1. The number of hydrogen-bond donors (Lipinski definition) is 2. The Morgan fingerprint density at radius 2 is 1.84 bits per heavy atom. The van der Waals surface area contributed by atoms with Crippen molar-refractivity contribution in [3.63, 3.8) is 0 Å². The zero-order valence-corrected chi connectivity index (χ0v) is 43.0. The molecule has 1 aromatic carbocycles. The fourth-order valence-electron chi connectivity index (χ4n) is 11.2. The minimum atomic E-state index is -1.07. The van der Waals surface area contributed by atoms with Crippen molar-refractivity contribution in [2.45, 2.75) is 124 Å². The number of methoxy groups -OCH3 is 1. The predicted molar refractivity (Wildman–Crippen MR) is 270 cm³/mol. The average molecular weight is 978 g/mol. The number of carbonyl (C=O) groups is 5. The SMILES string of the molecule is C=CC(=O)N1CCC2(CCCN(C(=O)N(C)[C@H](C(=O)N[C@H]3Cc4nc(cs4)-c4ccc5c(c4)c(c(-c4cccnc4[C@H](C)OC)n5CC)CC(C)(C)COC(=O)[C@@H]4CCCN(N4)C3=O)C(C)C)C2)CC1. The number of nitrogens with zero attached hydrogens (tertiary/aromatic N) is 7. The maximum Gasteiger partial charge on any atom is 0.324 e. The second kappa shape index (κ2) is 21.0. The molecule has 7 heterocycles. The Kier molecular flexibility index (Phi) is 15.2. The summed E-state index contributed by atoms with van der Waals surface area (Å²) in [5, 5.41) is 8.22. The summed E-state index contributed by atoms with van der Waals surface area (Å²) in [4.78, 5) is 85.3. The molecule has 8 rings (SSSR count). The van der Waals surface area contributed by atoms with Crippen LogP contribution in [0.15, 0.2) is 54.6 Å². The van der Waals surface area contributed by atoms with Crippen LogP contribution in [0, 0.1) is 16.7 Å². The van der Waals surface area contributed by atoms with E-state index >= 15 is 0 Å². The van der Waals surface area contributed by atoms with Crippen LogP contribution in [0.1, 0.15) is 102 Å². The van der Waals surface area contributed by atoms with E-state index in [2.05, 4.69) is 66.9 Å². The number of carbonyl (C=O) groups excluding carboxylic acids is 5. The quantitative estimate of drug-likeness (QED) is 0.130. The van der Waals surface area contributed by atoms with Gasteiger partial charge in [0.25, 0.3) is 5.91 Å². The van der Waals surface area contributed by atoms with Gasteiger partial charge in [0, 0.05) is 98.9 Å². The van der Waals surface area contributed by atoms with Gasteiger partial charge >= 0.3 is 12.0 Å². The minimum absolute atomic E-state index is 0.0729. The Balaban J connectivity index is 1.11. The van der Waals surface area contributed by atoms with Crippen molar-refractivity contribution in [3.8, 4) is 22.5 Å². The van der Waals surface area contributed by atoms with E-state index in [1.165, 1.54) is 27.3 Å². The van der Waals surface area contributed by atoms with E-state index in [4.69, 9.17) is 19.4 Å². The van der Waals surface area contributed by atoms with Crippen molar-refractivity contribution >= 4 is 52.0 Å². The molecule has 17 heteroatoms. The van der Waals surface area contributed by atoms with Gasteiger partial charge in [-0.3, -0.25) is 29.2 Å². The Hall–Kier alpha value is -5.65. The highest BCUT2D eigenvalue weighted by Crippen LogP contribution is 2.43. The molecule has 3 fully saturated rings. The molecule has 4 atom stereocenters. The van der Waals surface area contributed by atoms with Crippen LogP contribution in [0.5, 0.6) is 0 Å². The lowest BCUT2D eigenvalue weighted by molar-refractivity contribution is -0.155. The molecule has 6 bridgehead atoms. The number of pyridine rings is 1. The van der Waals surface area contributed by atoms with Gasteiger partial charge in [0.1, 0.15) is 18.1 Å². The number of aryl methyl sites for hydroxylation is 1. The molecule has 2 N–H and O–H groups in total. The van der Waals surface area contributed by atoms with Crippen molar-refractivity contribution in [1.82, 2.24) is 45.0 Å². The van der Waals surface area contributed by atoms with Gasteiger partial charge in [-0.05, 0) is 106 Å². The Bertz CT molecular complexity index is 2610. The van der Waals surface area contributed by atoms with E-state index in [-0.39, 0.29) is 42.4 Å². The Morgan fingerprint density at radius 1 is 1.07 bits per heavy atom. The fourth-order valence-corrected chi connectivity index (χ4v) is 12.0. The fraction of sp³-hybridized carbons (Fsp3) is 0.566. The summed E-state index contributed by atoms with van der Waals surface area (Å²) in [5.74, 6) is -1.68. The van der Waals surface area contributed by atoms with E-state index in [0.717, 1.165) is 70.4 Å². The number of amides is 5. The van der Waals surface area contributed by atoms with Crippen molar-refractivity contribution < 1.29 is 33.4 Å². The maximum atomic E-state index is 14.8. The second-order valence-electron chi connectivity index (χ2n) is 20.9. The van der Waals surface area contributed by atoms with E-state index in [0.29, 0.717) is 63.5 Å². The molecule has 16 nitrogen and oxygen atoms in total. The van der Waals surface area contributed by atoms with Crippen LogP contribution in [0.4, 0.5) is 4.79 Å². The number of cyclic esters (lactones) is 1. The summed E-state index contributed by atoms with van der Waals surface area (Å²) in [6.07, 6.45) is 7.97. The van der Waals surface area contributed by atoms with Gasteiger partial charge in [0.15, 0.2) is 0 Å². The number of ether oxygens (including phenoxy) is 2. The molecular weight excluding hydrogens is 907 g/mol. The number of piperidine rings is 2. The first kappa shape index (κ1) is 50.7. The first-order chi connectivity index (χ1) is 33.5. The molecule has 5 amide bonds. The zero-order chi connectivity index (χ0) is 50.1. The number of nitrogens with one attached hydrogen (secondary N) is 2. The summed E-state index contributed by atoms with van der Waals surface area (Å²) in [6.45, 7) is 19.3. The molecule has 3 saturated heterocycles. The van der Waals surface area contributed by atoms with E-state index < -0.39 is 41.3 Å². The average Bonchev–Trinajstić information content (AvgIpc) is 3.95. The Morgan fingerprint density at radius 3 is 2.56 bits per heavy atom. The largest absolute Gasteiger partial charge is 0.464 e. The molecule has 4 aliphatic rings. The monoisotopic (exact) mass is 978 g/mol. The molecular formula is C53H71N9O7S. The smallest absolute Gasteiger partial charge is 0.324 e. The van der Waals surface area contributed by atoms with Gasteiger partial charge in [-0.15, -0.1) is 11.3 Å². The lowest BCUT2D eigenvalue weighted by Crippen LogP contribution is -2.63. The lowest BCUT2D eigenvalue weighted by Gasteiger charge is -2.48. The molecule has 376 valence electrons. The van der Waals surface area contributed by atoms with Crippen LogP contribution < -0.4 is 10.7 Å². The first-order valence-electron chi connectivity index (χ1n) is 25.0. The molecule has 3 aromatic heterocycles. The topological polar surface area (TPSA) is 172 Å². The summed E-state index contributed by atoms with van der Waals surface area (Å²) >= 11 is 1.42. The molecule has 70 heavy (non-hydrogen) atoms. The Labute approximate surface area is 416 Å². The standard InChI is InChI=1S/C53H71N9O7S/c1-10-44(63)59-25-20-53(21-26-59)19-14-23-60(31-53)51(67)58(8)46(33(3)4)48(64)56-40-28-43-55-41(30-70-43)35-17-18-42-37(27-35)38(47(61(42)11-2)36-15-12-22-54-45(36)34(5)68-9)29-52(6,7)32-69-50(66)39-16-13-24-62(57-39)49(40)65/h10,12,15,17-18,22,27,30,33-34,39-40,46,57H,1,11,13-14,16,19-21,23-26,28-29,31-32H2,2-9H3,(H,56,64)/t34-,39-,40-,46-/m0/s1. The summed E-state index contributed by atoms with van der Waals surface area (Å²) in [6, 6.07) is 7.46. The third-order valence-corrected chi connectivity index (χ3v) is 15.9. The third kappa shape index (κ3) is 10.4. The maximum absolute atomic E-state index is 14.8. The number of benzene rings is 1. The van der Waals surface area contributed by atoms with Crippen LogP contribution in [0.3, 0.4) is 0 Å². The van der Waals surface area contributed by atoms with E-state index in [1.54, 1.807) is 20.4 Å². The number of aromatic nitrogens is 3. The van der Waals surface area contributed by atoms with Gasteiger partial charge in [-0.2, -0.15) is 0 Å². The van der Waals surface area contributed by atoms with E-state index in [1.807, 2.05) is 42.0 Å². The van der Waals surface area contributed by atoms with Crippen LogP contribution in [-0.4, -0.2) is 136 Å². The number of fused-ring (bicyclic) bond motifs is 6. The number of hydrogen-bond acceptors (Lipinski definition) is 11. The molecule has 0 radical (unpaired) electrons.